The first-order valence-corrected chi connectivity index (χ1v) is 8.61. The molecule has 26 heavy (non-hydrogen) atoms. The van der Waals surface area contributed by atoms with Gasteiger partial charge in [-0.1, -0.05) is 4.47 Å². The molecule has 0 saturated carbocycles. The van der Waals surface area contributed by atoms with Gasteiger partial charge in [0, 0.05) is 18.3 Å². The predicted molar refractivity (Wildman–Crippen MR) is 87.8 cm³/mol. The summed E-state index contributed by atoms with van der Waals surface area (Å²) < 4.78 is 62.4. The fourth-order valence-corrected chi connectivity index (χ4v) is 2.94. The van der Waals surface area contributed by atoms with Crippen molar-refractivity contribution in [3.8, 4) is 0 Å². The summed E-state index contributed by atoms with van der Waals surface area (Å²) >= 11 is 0. The number of rotatable bonds is 5. The second kappa shape index (κ2) is 7.44. The normalized spacial score (nSPS) is 12.2. The van der Waals surface area contributed by atoms with Gasteiger partial charge in [-0.25, -0.2) is 8.42 Å². The van der Waals surface area contributed by atoms with Crippen LogP contribution < -0.4 is 5.32 Å². The van der Waals surface area contributed by atoms with Crippen LogP contribution in [-0.4, -0.2) is 33.0 Å². The maximum Gasteiger partial charge on any atom is 0.416 e. The summed E-state index contributed by atoms with van der Waals surface area (Å²) in [6.45, 7) is 0. The summed E-state index contributed by atoms with van der Waals surface area (Å²) in [7, 11) is -1.38. The molecule has 0 aliphatic rings. The van der Waals surface area contributed by atoms with Gasteiger partial charge in [-0.05, 0) is 48.5 Å². The number of hydroxylamine groups is 1. The molecule has 0 saturated heterocycles. The third kappa shape index (κ3) is 4.40. The number of benzene rings is 2. The first kappa shape index (κ1) is 19.9. The Hall–Kier alpha value is -2.43. The zero-order chi connectivity index (χ0) is 19.5. The molecule has 0 unspecified atom stereocenters. The molecule has 2 aromatic carbocycles. The Labute approximate surface area is 148 Å². The van der Waals surface area contributed by atoms with Gasteiger partial charge in [-0.3, -0.25) is 9.63 Å². The van der Waals surface area contributed by atoms with Gasteiger partial charge < -0.3 is 5.32 Å². The number of anilines is 1. The molecule has 0 aromatic heterocycles. The summed E-state index contributed by atoms with van der Waals surface area (Å²) in [6.07, 6.45) is -4.48. The molecular weight excluding hydrogens is 373 g/mol. The van der Waals surface area contributed by atoms with E-state index in [0.29, 0.717) is 4.47 Å². The highest BCUT2D eigenvalue weighted by molar-refractivity contribution is 7.89. The second-order valence-corrected chi connectivity index (χ2v) is 7.09. The van der Waals surface area contributed by atoms with Crippen molar-refractivity contribution in [2.24, 2.45) is 0 Å². The number of carbonyl (C=O) groups excluding carboxylic acids is 1. The van der Waals surface area contributed by atoms with Gasteiger partial charge in [-0.2, -0.15) is 13.2 Å². The number of hydrogen-bond acceptors (Lipinski definition) is 4. The number of halogens is 3. The summed E-state index contributed by atoms with van der Waals surface area (Å²) in [5.41, 5.74) is -0.534. The first-order chi connectivity index (χ1) is 12.1. The van der Waals surface area contributed by atoms with E-state index in [0.717, 1.165) is 24.3 Å². The molecule has 0 atom stereocenters. The summed E-state index contributed by atoms with van der Waals surface area (Å²) in [5, 5.41) is 2.48. The lowest BCUT2D eigenvalue weighted by Gasteiger charge is -2.14. The molecule has 0 fully saturated rings. The average molecular weight is 388 g/mol. The molecule has 2 rings (SSSR count). The summed E-state index contributed by atoms with van der Waals surface area (Å²) in [5.74, 6) is -0.622. The van der Waals surface area contributed by atoms with Gasteiger partial charge in [0.15, 0.2) is 0 Å². The van der Waals surface area contributed by atoms with Gasteiger partial charge >= 0.3 is 6.18 Å². The third-order valence-electron chi connectivity index (χ3n) is 3.48. The zero-order valence-electron chi connectivity index (χ0n) is 13.7. The van der Waals surface area contributed by atoms with E-state index in [2.05, 4.69) is 10.2 Å². The monoisotopic (exact) mass is 388 g/mol. The maximum atomic E-state index is 12.5. The van der Waals surface area contributed by atoms with E-state index in [1.54, 1.807) is 0 Å². The van der Waals surface area contributed by atoms with Crippen LogP contribution in [0.3, 0.4) is 0 Å². The Morgan fingerprint density at radius 3 is 2.04 bits per heavy atom. The van der Waals surface area contributed by atoms with E-state index in [-0.39, 0.29) is 16.1 Å². The first-order valence-electron chi connectivity index (χ1n) is 7.17. The van der Waals surface area contributed by atoms with Crippen LogP contribution >= 0.6 is 0 Å². The Morgan fingerprint density at radius 2 is 1.58 bits per heavy atom. The van der Waals surface area contributed by atoms with Gasteiger partial charge in [0.25, 0.3) is 15.9 Å². The van der Waals surface area contributed by atoms with Crippen LogP contribution in [0.15, 0.2) is 53.4 Å². The van der Waals surface area contributed by atoms with Crippen molar-refractivity contribution in [2.45, 2.75) is 11.1 Å². The molecule has 6 nitrogen and oxygen atoms in total. The third-order valence-corrected chi connectivity index (χ3v) is 5.17. The lowest BCUT2D eigenvalue weighted by atomic mass is 10.1. The number of carbonyl (C=O) groups is 1. The van der Waals surface area contributed by atoms with Crippen molar-refractivity contribution in [1.29, 1.82) is 0 Å². The van der Waals surface area contributed by atoms with E-state index >= 15 is 0 Å². The fourth-order valence-electron chi connectivity index (χ4n) is 1.97. The SMILES string of the molecule is CON(C)S(=O)(=O)c1ccc(NC(=O)c2ccc(C(F)(F)F)cc2)cc1. The van der Waals surface area contributed by atoms with Gasteiger partial charge in [0.1, 0.15) is 0 Å². The molecule has 0 aliphatic heterocycles. The molecule has 0 radical (unpaired) electrons. The predicted octanol–water partition coefficient (Wildman–Crippen LogP) is 3.14. The molecule has 0 aliphatic carbocycles. The van der Waals surface area contributed by atoms with Crippen LogP contribution in [-0.2, 0) is 21.0 Å². The van der Waals surface area contributed by atoms with Crippen LogP contribution in [0.5, 0.6) is 0 Å². The number of sulfonamides is 1. The van der Waals surface area contributed by atoms with Crippen LogP contribution in [0.25, 0.3) is 0 Å². The van der Waals surface area contributed by atoms with Crippen LogP contribution in [0.4, 0.5) is 18.9 Å². The molecule has 1 amide bonds. The Balaban J connectivity index is 2.13. The quantitative estimate of drug-likeness (QED) is 0.799. The molecule has 0 spiro atoms. The number of hydrogen-bond donors (Lipinski definition) is 1. The average Bonchev–Trinajstić information content (AvgIpc) is 2.60. The molecule has 2 aromatic rings. The minimum Gasteiger partial charge on any atom is -0.322 e. The minimum absolute atomic E-state index is 0.0359. The van der Waals surface area contributed by atoms with Gasteiger partial charge in [0.2, 0.25) is 0 Å². The van der Waals surface area contributed by atoms with Crippen LogP contribution in [0.2, 0.25) is 0 Å². The molecule has 0 bridgehead atoms. The molecule has 0 heterocycles. The highest BCUT2D eigenvalue weighted by atomic mass is 32.2. The van der Waals surface area contributed by atoms with Crippen LogP contribution in [0.1, 0.15) is 15.9 Å². The molecule has 140 valence electrons. The summed E-state index contributed by atoms with van der Waals surface area (Å²) in [4.78, 5) is 16.7. The van der Waals surface area contributed by atoms with Gasteiger partial charge in [-0.15, -0.1) is 0 Å². The second-order valence-electron chi connectivity index (χ2n) is 5.15. The largest absolute Gasteiger partial charge is 0.416 e. The van der Waals surface area contributed by atoms with Crippen molar-refractivity contribution in [3.63, 3.8) is 0 Å². The van der Waals surface area contributed by atoms with Crippen molar-refractivity contribution in [2.75, 3.05) is 19.5 Å². The Bertz CT molecular complexity index is 879. The van der Waals surface area contributed by atoms with E-state index in [1.807, 2.05) is 0 Å². The highest BCUT2D eigenvalue weighted by Crippen LogP contribution is 2.29. The van der Waals surface area contributed by atoms with Crippen LogP contribution in [0, 0.1) is 0 Å². The zero-order valence-corrected chi connectivity index (χ0v) is 14.6. The summed E-state index contributed by atoms with van der Waals surface area (Å²) in [6, 6.07) is 9.00. The number of alkyl halides is 3. The number of amides is 1. The highest BCUT2D eigenvalue weighted by Gasteiger charge is 2.30. The molecule has 10 heteroatoms. The van der Waals surface area contributed by atoms with Crippen molar-refractivity contribution >= 4 is 21.6 Å². The van der Waals surface area contributed by atoms with Crippen molar-refractivity contribution in [1.82, 2.24) is 4.47 Å². The lowest BCUT2D eigenvalue weighted by Crippen LogP contribution is -2.25. The van der Waals surface area contributed by atoms with E-state index < -0.39 is 27.7 Å². The van der Waals surface area contributed by atoms with E-state index in [1.165, 1.54) is 38.4 Å². The fraction of sp³-hybridized carbons (Fsp3) is 0.188. The van der Waals surface area contributed by atoms with E-state index in [4.69, 9.17) is 0 Å². The Kier molecular flexibility index (Phi) is 5.69. The topological polar surface area (TPSA) is 75.7 Å². The van der Waals surface area contributed by atoms with Gasteiger partial charge in [0.05, 0.1) is 17.6 Å². The van der Waals surface area contributed by atoms with Crippen molar-refractivity contribution in [3.05, 3.63) is 59.7 Å². The molecule has 1 N–H and O–H groups in total. The molecular formula is C16H15F3N2O4S. The Morgan fingerprint density at radius 1 is 1.04 bits per heavy atom. The standard InChI is InChI=1S/C16H15F3N2O4S/c1-21(25-2)26(23,24)14-9-7-13(8-10-14)20-15(22)11-3-5-12(6-4-11)16(17,18)19/h3-10H,1-2H3,(H,20,22). The van der Waals surface area contributed by atoms with E-state index in [9.17, 15) is 26.4 Å². The number of nitrogens with zero attached hydrogens (tertiary/aromatic N) is 1. The minimum atomic E-state index is -4.48. The smallest absolute Gasteiger partial charge is 0.322 e. The number of nitrogens with one attached hydrogen (secondary N) is 1. The lowest BCUT2D eigenvalue weighted by molar-refractivity contribution is -0.137. The maximum absolute atomic E-state index is 12.5. The van der Waals surface area contributed by atoms with Crippen molar-refractivity contribution < 1.29 is 31.2 Å².